The molecule has 1 N–H and O–H groups in total. The number of allylic oxidation sites excluding steroid dienone is 2. The maximum Gasteiger partial charge on any atom is 0.408 e. The van der Waals surface area contributed by atoms with Crippen LogP contribution in [0.2, 0.25) is 0 Å². The van der Waals surface area contributed by atoms with Crippen molar-refractivity contribution in [3.8, 4) is 0 Å². The van der Waals surface area contributed by atoms with Gasteiger partial charge in [-0.15, -0.1) is 0 Å². The molecule has 0 aromatic carbocycles. The van der Waals surface area contributed by atoms with E-state index in [1.54, 1.807) is 59.0 Å². The molecule has 0 bridgehead atoms. The van der Waals surface area contributed by atoms with Gasteiger partial charge >= 0.3 is 12.1 Å². The number of carbonyl (C=O) groups is 2. The summed E-state index contributed by atoms with van der Waals surface area (Å²) in [6, 6.07) is 1.18. The average Bonchev–Trinajstić information content (AvgIpc) is 3.49. The number of nitrogens with one attached hydrogen (secondary N) is 1. The number of esters is 1. The first-order valence-corrected chi connectivity index (χ1v) is 12.9. The van der Waals surface area contributed by atoms with Gasteiger partial charge in [-0.2, -0.15) is 5.10 Å². The summed E-state index contributed by atoms with van der Waals surface area (Å²) in [5, 5.41) is 6.95. The number of hydrogen-bond donors (Lipinski definition) is 1. The van der Waals surface area contributed by atoms with E-state index in [-0.39, 0.29) is 30.1 Å². The fourth-order valence-electron chi connectivity index (χ4n) is 4.31. The molecule has 39 heavy (non-hydrogen) atoms. The van der Waals surface area contributed by atoms with Crippen molar-refractivity contribution in [1.29, 1.82) is 0 Å². The Hall–Kier alpha value is -4.02. The van der Waals surface area contributed by atoms with Crippen molar-refractivity contribution >= 4 is 30.2 Å². The fraction of sp³-hybridized carbons (Fsp3) is 0.464. The first-order valence-electron chi connectivity index (χ1n) is 12.9. The first kappa shape index (κ1) is 29.5. The lowest BCUT2D eigenvalue weighted by Gasteiger charge is -2.27. The molecule has 10 nitrogen and oxygen atoms in total. The highest BCUT2D eigenvalue weighted by molar-refractivity contribution is 5.95. The predicted octanol–water partition coefficient (Wildman–Crippen LogP) is 5.17. The van der Waals surface area contributed by atoms with Gasteiger partial charge in [0.2, 0.25) is 0 Å². The number of aromatic nitrogens is 3. The number of ether oxygens (including phenoxy) is 2. The summed E-state index contributed by atoms with van der Waals surface area (Å²) in [7, 11) is 0. The van der Waals surface area contributed by atoms with E-state index < -0.39 is 17.7 Å². The molecule has 1 unspecified atom stereocenters. The van der Waals surface area contributed by atoms with Gasteiger partial charge in [-0.1, -0.05) is 6.08 Å². The van der Waals surface area contributed by atoms with Crippen LogP contribution in [-0.4, -0.2) is 64.2 Å². The van der Waals surface area contributed by atoms with Gasteiger partial charge in [-0.25, -0.2) is 23.5 Å². The third-order valence-electron chi connectivity index (χ3n) is 5.86. The summed E-state index contributed by atoms with van der Waals surface area (Å²) in [6.07, 6.45) is 9.11. The molecule has 3 heterocycles. The minimum absolute atomic E-state index is 0.240. The molecule has 2 atom stereocenters. The minimum atomic E-state index is -0.616. The van der Waals surface area contributed by atoms with Crippen molar-refractivity contribution in [2.45, 2.75) is 72.1 Å². The van der Waals surface area contributed by atoms with E-state index in [0.29, 0.717) is 29.3 Å². The molecule has 2 aromatic rings. The van der Waals surface area contributed by atoms with Crippen LogP contribution >= 0.6 is 0 Å². The van der Waals surface area contributed by atoms with Gasteiger partial charge in [0, 0.05) is 24.4 Å². The normalized spacial score (nSPS) is 17.8. The van der Waals surface area contributed by atoms with E-state index in [0.717, 1.165) is 12.8 Å². The van der Waals surface area contributed by atoms with Crippen molar-refractivity contribution < 1.29 is 23.5 Å². The van der Waals surface area contributed by atoms with E-state index in [9.17, 15) is 14.0 Å². The molecule has 11 heteroatoms. The van der Waals surface area contributed by atoms with Gasteiger partial charge < -0.3 is 19.7 Å². The molecule has 1 saturated heterocycles. The van der Waals surface area contributed by atoms with Crippen LogP contribution in [0.4, 0.5) is 15.0 Å². The largest absolute Gasteiger partial charge is 0.462 e. The van der Waals surface area contributed by atoms with E-state index in [4.69, 9.17) is 14.5 Å². The first-order chi connectivity index (χ1) is 18.4. The SMILES string of the molecule is C=NC(/C=C\[C@@H](C)NC(=O)OC(C)(C)C)=C(\C=C(/C)F)C1CCCN1c1ccn2ncc(C(=O)OCC)c2n1. The van der Waals surface area contributed by atoms with Crippen molar-refractivity contribution in [3.63, 3.8) is 0 Å². The Morgan fingerprint density at radius 1 is 1.38 bits per heavy atom. The third kappa shape index (κ3) is 7.75. The van der Waals surface area contributed by atoms with Crippen LogP contribution in [0.1, 0.15) is 64.7 Å². The van der Waals surface area contributed by atoms with Gasteiger partial charge in [0.05, 0.1) is 30.4 Å². The van der Waals surface area contributed by atoms with Crippen molar-refractivity contribution in [3.05, 3.63) is 59.3 Å². The number of amides is 1. The number of anilines is 1. The van der Waals surface area contributed by atoms with Crippen molar-refractivity contribution in [2.24, 2.45) is 4.99 Å². The average molecular weight is 541 g/mol. The quantitative estimate of drug-likeness (QED) is 0.265. The van der Waals surface area contributed by atoms with E-state index >= 15 is 0 Å². The Labute approximate surface area is 228 Å². The Morgan fingerprint density at radius 3 is 2.77 bits per heavy atom. The molecule has 0 saturated carbocycles. The third-order valence-corrected chi connectivity index (χ3v) is 5.86. The Balaban J connectivity index is 1.94. The topological polar surface area (TPSA) is 110 Å². The van der Waals surface area contributed by atoms with Crippen LogP contribution in [0.3, 0.4) is 0 Å². The Bertz CT molecular complexity index is 1300. The number of alkyl carbamates (subject to hydrolysis) is 1. The lowest BCUT2D eigenvalue weighted by molar-refractivity contribution is 0.0511. The zero-order chi connectivity index (χ0) is 28.7. The highest BCUT2D eigenvalue weighted by atomic mass is 19.1. The summed E-state index contributed by atoms with van der Waals surface area (Å²) in [5.41, 5.74) is 1.13. The minimum Gasteiger partial charge on any atom is -0.462 e. The number of carbonyl (C=O) groups excluding carboxylic acids is 2. The molecule has 1 aliphatic rings. The van der Waals surface area contributed by atoms with Gasteiger partial charge in [0.1, 0.15) is 17.0 Å². The van der Waals surface area contributed by atoms with E-state index in [2.05, 4.69) is 27.0 Å². The summed E-state index contributed by atoms with van der Waals surface area (Å²) in [6.45, 7) is 14.9. The molecule has 2 aromatic heterocycles. The fourth-order valence-corrected chi connectivity index (χ4v) is 4.31. The van der Waals surface area contributed by atoms with Crippen LogP contribution in [0.15, 0.2) is 58.8 Å². The second-order valence-electron chi connectivity index (χ2n) is 10.2. The lowest BCUT2D eigenvalue weighted by atomic mass is 10.0. The van der Waals surface area contributed by atoms with Gasteiger partial charge in [0.25, 0.3) is 0 Å². The summed E-state index contributed by atoms with van der Waals surface area (Å²) in [4.78, 5) is 35.5. The maximum atomic E-state index is 14.3. The lowest BCUT2D eigenvalue weighted by Crippen LogP contribution is -2.36. The number of hydrogen-bond acceptors (Lipinski definition) is 8. The standard InChI is InChI=1S/C28H37FN6O4/c1-8-38-26(36)21-17-31-35-15-13-24(33-25(21)35)34-14-9-10-23(34)20(16-18(2)29)22(30-7)12-11-19(3)32-27(37)39-28(4,5)6/h11-13,15-17,19,23H,7-10,14H2,1-6H3,(H,32,37)/b12-11-,18-16+,22-20+/t19-,23?/m1/s1. The second-order valence-corrected chi connectivity index (χ2v) is 10.2. The van der Waals surface area contributed by atoms with Crippen molar-refractivity contribution in [1.82, 2.24) is 19.9 Å². The zero-order valence-corrected chi connectivity index (χ0v) is 23.4. The van der Waals surface area contributed by atoms with Gasteiger partial charge in [-0.3, -0.25) is 4.99 Å². The smallest absolute Gasteiger partial charge is 0.408 e. The van der Waals surface area contributed by atoms with Crippen LogP contribution in [-0.2, 0) is 9.47 Å². The van der Waals surface area contributed by atoms with E-state index in [1.807, 2.05) is 0 Å². The summed E-state index contributed by atoms with van der Waals surface area (Å²) >= 11 is 0. The van der Waals surface area contributed by atoms with Crippen LogP contribution in [0.25, 0.3) is 5.65 Å². The van der Waals surface area contributed by atoms with Gasteiger partial charge in [0.15, 0.2) is 5.65 Å². The summed E-state index contributed by atoms with van der Waals surface area (Å²) < 4.78 is 26.3. The Morgan fingerprint density at radius 2 is 2.13 bits per heavy atom. The molecule has 3 rings (SSSR count). The number of rotatable bonds is 9. The maximum absolute atomic E-state index is 14.3. The zero-order valence-electron chi connectivity index (χ0n) is 23.4. The van der Waals surface area contributed by atoms with Crippen LogP contribution < -0.4 is 10.2 Å². The Kier molecular flexibility index (Phi) is 9.61. The highest BCUT2D eigenvalue weighted by Gasteiger charge is 2.30. The number of aliphatic imine (C=N–C) groups is 1. The number of nitrogens with zero attached hydrogens (tertiary/aromatic N) is 5. The molecular weight excluding hydrogens is 503 g/mol. The van der Waals surface area contributed by atoms with Crippen molar-refractivity contribution in [2.75, 3.05) is 18.1 Å². The molecule has 210 valence electrons. The van der Waals surface area contributed by atoms with Crippen LogP contribution in [0, 0.1) is 0 Å². The monoisotopic (exact) mass is 540 g/mol. The van der Waals surface area contributed by atoms with E-state index in [1.165, 1.54) is 23.7 Å². The van der Waals surface area contributed by atoms with Crippen LogP contribution in [0.5, 0.6) is 0 Å². The second kappa shape index (κ2) is 12.7. The molecule has 0 radical (unpaired) electrons. The number of halogens is 1. The molecule has 0 aliphatic carbocycles. The molecular formula is C28H37FN6O4. The highest BCUT2D eigenvalue weighted by Crippen LogP contribution is 2.32. The summed E-state index contributed by atoms with van der Waals surface area (Å²) in [5.74, 6) is -0.259. The predicted molar refractivity (Wildman–Crippen MR) is 149 cm³/mol. The molecule has 1 amide bonds. The van der Waals surface area contributed by atoms with Gasteiger partial charge in [-0.05, 0) is 79.3 Å². The molecule has 0 spiro atoms. The molecule has 1 aliphatic heterocycles. The number of fused-ring (bicyclic) bond motifs is 1. The molecule has 1 fully saturated rings.